The standard InChI is InChI=1S/C16H18N2O2S/c1-10-9-17-8-7-11(10)14-5-6-15(21-14)16(20)18-12-3-2-4-13(12)19/h5-9,12-13,19H,2-4H2,1H3,(H,18,20)/t12-,13-/m1/s1. The van der Waals surface area contributed by atoms with Gasteiger partial charge in [0.25, 0.3) is 5.91 Å². The molecule has 0 aromatic carbocycles. The normalized spacial score (nSPS) is 21.4. The molecule has 2 aromatic heterocycles. The van der Waals surface area contributed by atoms with Crippen LogP contribution in [0.1, 0.15) is 34.5 Å². The summed E-state index contributed by atoms with van der Waals surface area (Å²) < 4.78 is 0. The second-order valence-corrected chi connectivity index (χ2v) is 6.52. The molecule has 0 bridgehead atoms. The van der Waals surface area contributed by atoms with E-state index >= 15 is 0 Å². The van der Waals surface area contributed by atoms with Gasteiger partial charge < -0.3 is 10.4 Å². The van der Waals surface area contributed by atoms with E-state index in [0.717, 1.165) is 35.3 Å². The second-order valence-electron chi connectivity index (χ2n) is 5.43. The van der Waals surface area contributed by atoms with Crippen molar-refractivity contribution in [2.75, 3.05) is 0 Å². The van der Waals surface area contributed by atoms with Crippen molar-refractivity contribution in [3.8, 4) is 10.4 Å². The molecule has 1 saturated carbocycles. The number of aliphatic hydroxyl groups excluding tert-OH is 1. The Balaban J connectivity index is 1.76. The molecule has 4 nitrogen and oxygen atoms in total. The summed E-state index contributed by atoms with van der Waals surface area (Å²) in [6, 6.07) is 5.67. The van der Waals surface area contributed by atoms with Crippen molar-refractivity contribution in [3.05, 3.63) is 41.0 Å². The molecule has 0 radical (unpaired) electrons. The van der Waals surface area contributed by atoms with E-state index in [0.29, 0.717) is 4.88 Å². The van der Waals surface area contributed by atoms with Gasteiger partial charge in [-0.15, -0.1) is 11.3 Å². The zero-order chi connectivity index (χ0) is 14.8. The molecule has 2 aromatic rings. The first-order chi connectivity index (χ1) is 10.1. The van der Waals surface area contributed by atoms with Crippen molar-refractivity contribution in [2.45, 2.75) is 38.3 Å². The summed E-state index contributed by atoms with van der Waals surface area (Å²) in [5.74, 6) is -0.0936. The third-order valence-electron chi connectivity index (χ3n) is 3.91. The van der Waals surface area contributed by atoms with Crippen molar-refractivity contribution in [1.29, 1.82) is 0 Å². The Morgan fingerprint density at radius 3 is 2.95 bits per heavy atom. The van der Waals surface area contributed by atoms with Crippen LogP contribution in [-0.2, 0) is 0 Å². The van der Waals surface area contributed by atoms with Crippen molar-refractivity contribution >= 4 is 17.2 Å². The second kappa shape index (κ2) is 5.95. The highest BCUT2D eigenvalue weighted by Gasteiger charge is 2.27. The van der Waals surface area contributed by atoms with Crippen LogP contribution in [0.3, 0.4) is 0 Å². The number of nitrogens with zero attached hydrogens (tertiary/aromatic N) is 1. The van der Waals surface area contributed by atoms with Crippen LogP contribution in [0, 0.1) is 6.92 Å². The van der Waals surface area contributed by atoms with E-state index in [-0.39, 0.29) is 11.9 Å². The van der Waals surface area contributed by atoms with E-state index in [2.05, 4.69) is 10.3 Å². The van der Waals surface area contributed by atoms with Gasteiger partial charge in [0.15, 0.2) is 0 Å². The zero-order valence-corrected chi connectivity index (χ0v) is 12.7. The number of pyridine rings is 1. The number of aliphatic hydroxyl groups is 1. The van der Waals surface area contributed by atoms with Gasteiger partial charge in [-0.2, -0.15) is 0 Å². The first-order valence-corrected chi connectivity index (χ1v) is 7.96. The first-order valence-electron chi connectivity index (χ1n) is 7.15. The maximum Gasteiger partial charge on any atom is 0.261 e. The monoisotopic (exact) mass is 302 g/mol. The van der Waals surface area contributed by atoms with E-state index in [9.17, 15) is 9.90 Å². The summed E-state index contributed by atoms with van der Waals surface area (Å²) in [5.41, 5.74) is 2.20. The van der Waals surface area contributed by atoms with E-state index in [1.807, 2.05) is 31.3 Å². The van der Waals surface area contributed by atoms with Crippen molar-refractivity contribution in [1.82, 2.24) is 10.3 Å². The Bertz CT molecular complexity index is 653. The molecule has 0 unspecified atom stereocenters. The predicted molar refractivity (Wildman–Crippen MR) is 83.4 cm³/mol. The number of carbonyl (C=O) groups excluding carboxylic acids is 1. The minimum atomic E-state index is -0.407. The summed E-state index contributed by atoms with van der Waals surface area (Å²) in [6.45, 7) is 2.01. The average Bonchev–Trinajstić information content (AvgIpc) is 3.09. The number of amides is 1. The number of carbonyl (C=O) groups is 1. The van der Waals surface area contributed by atoms with Crippen LogP contribution in [0.25, 0.3) is 10.4 Å². The van der Waals surface area contributed by atoms with Gasteiger partial charge in [0.2, 0.25) is 0 Å². The minimum Gasteiger partial charge on any atom is -0.391 e. The fourth-order valence-electron chi connectivity index (χ4n) is 2.70. The molecule has 0 saturated heterocycles. The zero-order valence-electron chi connectivity index (χ0n) is 11.9. The number of rotatable bonds is 3. The largest absolute Gasteiger partial charge is 0.391 e. The lowest BCUT2D eigenvalue weighted by molar-refractivity contribution is 0.0877. The molecule has 5 heteroatoms. The Morgan fingerprint density at radius 1 is 1.38 bits per heavy atom. The molecule has 3 rings (SSSR count). The van der Waals surface area contributed by atoms with Crippen LogP contribution in [0.5, 0.6) is 0 Å². The lowest BCUT2D eigenvalue weighted by Gasteiger charge is -2.15. The predicted octanol–water partition coefficient (Wildman–Crippen LogP) is 2.76. The highest BCUT2D eigenvalue weighted by atomic mass is 32.1. The van der Waals surface area contributed by atoms with Gasteiger partial charge >= 0.3 is 0 Å². The Kier molecular flexibility index (Phi) is 4.03. The Hall–Kier alpha value is -1.72. The maximum absolute atomic E-state index is 12.3. The van der Waals surface area contributed by atoms with E-state index in [1.165, 1.54) is 11.3 Å². The molecular weight excluding hydrogens is 284 g/mol. The lowest BCUT2D eigenvalue weighted by Crippen LogP contribution is -2.39. The highest BCUT2D eigenvalue weighted by molar-refractivity contribution is 7.17. The van der Waals surface area contributed by atoms with Gasteiger partial charge in [0.05, 0.1) is 17.0 Å². The molecular formula is C16H18N2O2S. The first kappa shape index (κ1) is 14.2. The van der Waals surface area contributed by atoms with Gasteiger partial charge in [-0.25, -0.2) is 0 Å². The SMILES string of the molecule is Cc1cnccc1-c1ccc(C(=O)N[C@@H]2CCC[C@H]2O)s1. The molecule has 21 heavy (non-hydrogen) atoms. The molecule has 110 valence electrons. The molecule has 2 heterocycles. The van der Waals surface area contributed by atoms with E-state index in [4.69, 9.17) is 0 Å². The summed E-state index contributed by atoms with van der Waals surface area (Å²) >= 11 is 1.47. The number of aryl methyl sites for hydroxylation is 1. The van der Waals surface area contributed by atoms with Crippen LogP contribution in [0.15, 0.2) is 30.6 Å². The molecule has 1 aliphatic carbocycles. The van der Waals surface area contributed by atoms with Gasteiger partial charge in [-0.05, 0) is 55.5 Å². The molecule has 1 aliphatic rings. The lowest BCUT2D eigenvalue weighted by atomic mass is 10.1. The Labute approximate surface area is 127 Å². The van der Waals surface area contributed by atoms with Gasteiger partial charge in [-0.3, -0.25) is 9.78 Å². The topological polar surface area (TPSA) is 62.2 Å². The third kappa shape index (κ3) is 2.99. The van der Waals surface area contributed by atoms with Gasteiger partial charge in [0.1, 0.15) is 0 Å². The summed E-state index contributed by atoms with van der Waals surface area (Å²) in [5, 5.41) is 12.7. The molecule has 1 amide bonds. The smallest absolute Gasteiger partial charge is 0.261 e. The molecule has 2 N–H and O–H groups in total. The number of aromatic nitrogens is 1. The average molecular weight is 302 g/mol. The minimum absolute atomic E-state index is 0.0936. The maximum atomic E-state index is 12.3. The van der Waals surface area contributed by atoms with Crippen LogP contribution in [0.4, 0.5) is 0 Å². The number of thiophene rings is 1. The fourth-order valence-corrected chi connectivity index (χ4v) is 3.70. The van der Waals surface area contributed by atoms with Crippen molar-refractivity contribution in [3.63, 3.8) is 0 Å². The molecule has 1 fully saturated rings. The molecule has 0 aliphatic heterocycles. The van der Waals surface area contributed by atoms with Crippen molar-refractivity contribution < 1.29 is 9.90 Å². The molecule has 2 atom stereocenters. The van der Waals surface area contributed by atoms with Crippen molar-refractivity contribution in [2.24, 2.45) is 0 Å². The van der Waals surface area contributed by atoms with Crippen LogP contribution in [0.2, 0.25) is 0 Å². The van der Waals surface area contributed by atoms with Crippen LogP contribution >= 0.6 is 11.3 Å². The number of hydrogen-bond donors (Lipinski definition) is 2. The number of nitrogens with one attached hydrogen (secondary N) is 1. The van der Waals surface area contributed by atoms with Gasteiger partial charge in [-0.1, -0.05) is 0 Å². The summed E-state index contributed by atoms with van der Waals surface area (Å²) in [4.78, 5) is 18.1. The summed E-state index contributed by atoms with van der Waals surface area (Å²) in [7, 11) is 0. The third-order valence-corrected chi connectivity index (χ3v) is 5.03. The van der Waals surface area contributed by atoms with Crippen LogP contribution < -0.4 is 5.32 Å². The van der Waals surface area contributed by atoms with Crippen LogP contribution in [-0.4, -0.2) is 28.1 Å². The summed E-state index contributed by atoms with van der Waals surface area (Å²) in [6.07, 6.45) is 5.78. The van der Waals surface area contributed by atoms with E-state index in [1.54, 1.807) is 6.20 Å². The van der Waals surface area contributed by atoms with Gasteiger partial charge in [0, 0.05) is 17.3 Å². The fraction of sp³-hybridized carbons (Fsp3) is 0.375. The Morgan fingerprint density at radius 2 is 2.24 bits per heavy atom. The highest BCUT2D eigenvalue weighted by Crippen LogP contribution is 2.30. The van der Waals surface area contributed by atoms with E-state index < -0.39 is 6.10 Å². The quantitative estimate of drug-likeness (QED) is 0.916. The molecule has 0 spiro atoms. The number of hydrogen-bond acceptors (Lipinski definition) is 4.